The zero-order valence-electron chi connectivity index (χ0n) is 9.38. The van der Waals surface area contributed by atoms with Gasteiger partial charge in [-0.1, -0.05) is 6.92 Å². The van der Waals surface area contributed by atoms with E-state index in [2.05, 4.69) is 6.92 Å². The minimum absolute atomic E-state index is 0.129. The molecule has 1 aliphatic heterocycles. The second-order valence-electron chi connectivity index (χ2n) is 5.58. The minimum Gasteiger partial charge on any atom is -0.393 e. The fourth-order valence-corrected chi connectivity index (χ4v) is 2.87. The average molecular weight is 198 g/mol. The largest absolute Gasteiger partial charge is 0.393 e. The van der Waals surface area contributed by atoms with Crippen LogP contribution in [0.1, 0.15) is 52.4 Å². The Labute approximate surface area is 86.6 Å². The molecule has 2 heteroatoms. The first kappa shape index (κ1) is 10.4. The summed E-state index contributed by atoms with van der Waals surface area (Å²) in [7, 11) is 0. The third-order valence-electron chi connectivity index (χ3n) is 4.09. The molecule has 1 unspecified atom stereocenters. The van der Waals surface area contributed by atoms with Crippen LogP contribution in [0.15, 0.2) is 0 Å². The molecule has 0 amide bonds. The quantitative estimate of drug-likeness (QED) is 0.701. The summed E-state index contributed by atoms with van der Waals surface area (Å²) >= 11 is 0. The first-order valence-corrected chi connectivity index (χ1v) is 5.89. The van der Waals surface area contributed by atoms with Gasteiger partial charge in [0.05, 0.1) is 17.8 Å². The molecular formula is C12H22O2. The predicted octanol–water partition coefficient (Wildman–Crippen LogP) is 2.50. The van der Waals surface area contributed by atoms with Crippen molar-refractivity contribution in [3.63, 3.8) is 0 Å². The van der Waals surface area contributed by atoms with Gasteiger partial charge in [-0.05, 0) is 51.4 Å². The van der Waals surface area contributed by atoms with Crippen molar-refractivity contribution in [3.05, 3.63) is 0 Å². The molecule has 1 aliphatic carbocycles. The highest BCUT2D eigenvalue weighted by Crippen LogP contribution is 2.47. The van der Waals surface area contributed by atoms with Gasteiger partial charge in [-0.2, -0.15) is 0 Å². The Morgan fingerprint density at radius 3 is 2.36 bits per heavy atom. The molecule has 1 spiro atoms. The number of hydrogen-bond acceptors (Lipinski definition) is 2. The van der Waals surface area contributed by atoms with Crippen molar-refractivity contribution in [2.45, 2.75) is 63.6 Å². The van der Waals surface area contributed by atoms with Crippen LogP contribution in [0.2, 0.25) is 0 Å². The molecule has 1 saturated heterocycles. The summed E-state index contributed by atoms with van der Waals surface area (Å²) in [6, 6.07) is 0. The van der Waals surface area contributed by atoms with E-state index >= 15 is 0 Å². The van der Waals surface area contributed by atoms with Gasteiger partial charge in [0.25, 0.3) is 0 Å². The zero-order valence-corrected chi connectivity index (χ0v) is 9.38. The minimum atomic E-state index is -0.249. The molecule has 1 atom stereocenters. The molecule has 0 aromatic rings. The van der Waals surface area contributed by atoms with Crippen molar-refractivity contribution >= 4 is 0 Å². The molecule has 1 heterocycles. The monoisotopic (exact) mass is 198 g/mol. The fourth-order valence-electron chi connectivity index (χ4n) is 2.87. The van der Waals surface area contributed by atoms with E-state index in [4.69, 9.17) is 4.74 Å². The Bertz CT molecular complexity index is 201. The van der Waals surface area contributed by atoms with Gasteiger partial charge in [0, 0.05) is 0 Å². The molecule has 0 aromatic carbocycles. The fraction of sp³-hybridized carbons (Fsp3) is 1.00. The maximum atomic E-state index is 9.27. The standard InChI is InChI=1S/C12H22O2/c1-10-3-5-12(6-4-10)8-7-11(2,9-13)14-12/h10,13H,3-9H2,1-2H3. The third kappa shape index (κ3) is 1.82. The van der Waals surface area contributed by atoms with Gasteiger partial charge in [0.2, 0.25) is 0 Å². The Balaban J connectivity index is 1.99. The molecule has 2 fully saturated rings. The molecule has 2 rings (SSSR count). The lowest BCUT2D eigenvalue weighted by Crippen LogP contribution is -2.38. The second-order valence-corrected chi connectivity index (χ2v) is 5.58. The van der Waals surface area contributed by atoms with Crippen molar-refractivity contribution < 1.29 is 9.84 Å². The SMILES string of the molecule is CC1CCC2(CC1)CCC(C)(CO)O2. The maximum Gasteiger partial charge on any atom is 0.0892 e. The lowest BCUT2D eigenvalue weighted by Gasteiger charge is -2.37. The van der Waals surface area contributed by atoms with Gasteiger partial charge in [-0.3, -0.25) is 0 Å². The number of hydrogen-bond donors (Lipinski definition) is 1. The van der Waals surface area contributed by atoms with Crippen LogP contribution in [0.3, 0.4) is 0 Å². The summed E-state index contributed by atoms with van der Waals surface area (Å²) in [6.07, 6.45) is 7.16. The predicted molar refractivity (Wildman–Crippen MR) is 56.2 cm³/mol. The highest BCUT2D eigenvalue weighted by molar-refractivity contribution is 4.97. The Morgan fingerprint density at radius 2 is 1.86 bits per heavy atom. The zero-order chi connectivity index (χ0) is 10.2. The molecule has 0 radical (unpaired) electrons. The molecule has 2 aliphatic rings. The average Bonchev–Trinajstić information content (AvgIpc) is 2.51. The highest BCUT2D eigenvalue weighted by atomic mass is 16.5. The lowest BCUT2D eigenvalue weighted by atomic mass is 9.78. The third-order valence-corrected chi connectivity index (χ3v) is 4.09. The van der Waals surface area contributed by atoms with Gasteiger partial charge in [0.1, 0.15) is 0 Å². The Hall–Kier alpha value is -0.0800. The molecule has 2 nitrogen and oxygen atoms in total. The maximum absolute atomic E-state index is 9.27. The summed E-state index contributed by atoms with van der Waals surface area (Å²) in [5.41, 5.74) is -0.120. The molecular weight excluding hydrogens is 176 g/mol. The van der Waals surface area contributed by atoms with E-state index < -0.39 is 0 Å². The molecule has 0 bridgehead atoms. The van der Waals surface area contributed by atoms with E-state index in [1.54, 1.807) is 0 Å². The van der Waals surface area contributed by atoms with E-state index in [1.165, 1.54) is 25.7 Å². The van der Waals surface area contributed by atoms with Gasteiger partial charge >= 0.3 is 0 Å². The van der Waals surface area contributed by atoms with E-state index in [0.29, 0.717) is 0 Å². The highest BCUT2D eigenvalue weighted by Gasteiger charge is 2.47. The Kier molecular flexibility index (Phi) is 2.61. The second kappa shape index (κ2) is 3.49. The van der Waals surface area contributed by atoms with Crippen LogP contribution in [0.25, 0.3) is 0 Å². The van der Waals surface area contributed by atoms with Crippen molar-refractivity contribution in [2.24, 2.45) is 5.92 Å². The van der Waals surface area contributed by atoms with Crippen LogP contribution in [0.5, 0.6) is 0 Å². The molecule has 82 valence electrons. The van der Waals surface area contributed by atoms with Gasteiger partial charge in [-0.25, -0.2) is 0 Å². The number of rotatable bonds is 1. The number of aliphatic hydroxyl groups is 1. The molecule has 0 aromatic heterocycles. The summed E-state index contributed by atoms with van der Waals surface area (Å²) < 4.78 is 6.12. The van der Waals surface area contributed by atoms with E-state index in [-0.39, 0.29) is 17.8 Å². The summed E-state index contributed by atoms with van der Waals surface area (Å²) in [6.45, 7) is 4.54. The van der Waals surface area contributed by atoms with E-state index in [0.717, 1.165) is 18.8 Å². The molecule has 14 heavy (non-hydrogen) atoms. The number of aliphatic hydroxyl groups excluding tert-OH is 1. The van der Waals surface area contributed by atoms with Gasteiger partial charge in [-0.15, -0.1) is 0 Å². The molecule has 1 N–H and O–H groups in total. The summed E-state index contributed by atoms with van der Waals surface area (Å²) in [5.74, 6) is 0.866. The van der Waals surface area contributed by atoms with Crippen LogP contribution in [-0.2, 0) is 4.74 Å². The first-order valence-electron chi connectivity index (χ1n) is 5.89. The van der Waals surface area contributed by atoms with Crippen LogP contribution in [-0.4, -0.2) is 22.9 Å². The van der Waals surface area contributed by atoms with Crippen molar-refractivity contribution in [1.82, 2.24) is 0 Å². The number of ether oxygens (including phenoxy) is 1. The first-order chi connectivity index (χ1) is 6.58. The van der Waals surface area contributed by atoms with Crippen molar-refractivity contribution in [1.29, 1.82) is 0 Å². The normalized spacial score (nSPS) is 48.6. The smallest absolute Gasteiger partial charge is 0.0892 e. The van der Waals surface area contributed by atoms with Crippen molar-refractivity contribution in [3.8, 4) is 0 Å². The van der Waals surface area contributed by atoms with Gasteiger partial charge in [0.15, 0.2) is 0 Å². The van der Waals surface area contributed by atoms with Crippen LogP contribution in [0.4, 0.5) is 0 Å². The molecule has 1 saturated carbocycles. The summed E-state index contributed by atoms with van der Waals surface area (Å²) in [4.78, 5) is 0. The summed E-state index contributed by atoms with van der Waals surface area (Å²) in [5, 5.41) is 9.27. The van der Waals surface area contributed by atoms with Crippen LogP contribution >= 0.6 is 0 Å². The van der Waals surface area contributed by atoms with E-state index in [1.807, 2.05) is 6.92 Å². The van der Waals surface area contributed by atoms with Crippen LogP contribution in [0, 0.1) is 5.92 Å². The topological polar surface area (TPSA) is 29.5 Å². The van der Waals surface area contributed by atoms with E-state index in [9.17, 15) is 5.11 Å². The Morgan fingerprint density at radius 1 is 1.21 bits per heavy atom. The van der Waals surface area contributed by atoms with Crippen molar-refractivity contribution in [2.75, 3.05) is 6.61 Å². The lowest BCUT2D eigenvalue weighted by molar-refractivity contribution is -0.132. The van der Waals surface area contributed by atoms with Gasteiger partial charge < -0.3 is 9.84 Å². The van der Waals surface area contributed by atoms with Crippen LogP contribution < -0.4 is 0 Å².